The van der Waals surface area contributed by atoms with E-state index in [9.17, 15) is 17.2 Å². The minimum absolute atomic E-state index is 0.0662. The SMILES string of the molecule is CN(CC1CCCO1)c1ccc(S(=O)(=O)Nc2ccc(F)c(F)c2)cn1. The molecule has 6 nitrogen and oxygen atoms in total. The summed E-state index contributed by atoms with van der Waals surface area (Å²) in [6, 6.07) is 5.79. The second kappa shape index (κ2) is 7.55. The number of sulfonamides is 1. The minimum atomic E-state index is -3.95. The number of nitrogens with zero attached hydrogens (tertiary/aromatic N) is 2. The Morgan fingerprint density at radius 3 is 2.69 bits per heavy atom. The first-order chi connectivity index (χ1) is 12.3. The second-order valence-corrected chi connectivity index (χ2v) is 7.78. The molecular formula is C17H19F2N3O3S. The summed E-state index contributed by atoms with van der Waals surface area (Å²) in [5.41, 5.74) is -0.0662. The molecule has 2 aromatic rings. The highest BCUT2D eigenvalue weighted by molar-refractivity contribution is 7.92. The molecule has 1 aliphatic rings. The molecule has 0 spiro atoms. The van der Waals surface area contributed by atoms with E-state index < -0.39 is 21.7 Å². The predicted octanol–water partition coefficient (Wildman–Crippen LogP) is 2.78. The minimum Gasteiger partial charge on any atom is -0.376 e. The van der Waals surface area contributed by atoms with E-state index in [0.29, 0.717) is 12.4 Å². The fraction of sp³-hybridized carbons (Fsp3) is 0.353. The Bertz CT molecular complexity index is 869. The molecule has 0 saturated carbocycles. The van der Waals surface area contributed by atoms with Gasteiger partial charge in [0.05, 0.1) is 11.8 Å². The smallest absolute Gasteiger partial charge is 0.263 e. The molecule has 140 valence electrons. The monoisotopic (exact) mass is 383 g/mol. The van der Waals surface area contributed by atoms with Crippen molar-refractivity contribution in [2.75, 3.05) is 29.8 Å². The van der Waals surface area contributed by atoms with Crippen LogP contribution >= 0.6 is 0 Å². The number of nitrogens with one attached hydrogen (secondary N) is 1. The van der Waals surface area contributed by atoms with Gasteiger partial charge in [-0.25, -0.2) is 22.2 Å². The van der Waals surface area contributed by atoms with Crippen LogP contribution in [-0.4, -0.2) is 39.7 Å². The maximum absolute atomic E-state index is 13.2. The predicted molar refractivity (Wildman–Crippen MR) is 93.6 cm³/mol. The van der Waals surface area contributed by atoms with Crippen LogP contribution in [0.3, 0.4) is 0 Å². The molecule has 1 aliphatic heterocycles. The Hall–Kier alpha value is -2.26. The summed E-state index contributed by atoms with van der Waals surface area (Å²) in [4.78, 5) is 6.00. The normalized spacial score (nSPS) is 17.3. The highest BCUT2D eigenvalue weighted by atomic mass is 32.2. The number of hydrogen-bond donors (Lipinski definition) is 1. The van der Waals surface area contributed by atoms with Crippen molar-refractivity contribution in [3.05, 3.63) is 48.2 Å². The summed E-state index contributed by atoms with van der Waals surface area (Å²) in [7, 11) is -2.09. The highest BCUT2D eigenvalue weighted by Crippen LogP contribution is 2.20. The molecule has 9 heteroatoms. The number of hydrogen-bond acceptors (Lipinski definition) is 5. The number of likely N-dealkylation sites (N-methyl/N-ethyl adjacent to an activating group) is 1. The third kappa shape index (κ3) is 4.28. The van der Waals surface area contributed by atoms with Gasteiger partial charge in [-0.1, -0.05) is 0 Å². The van der Waals surface area contributed by atoms with Gasteiger partial charge in [-0.2, -0.15) is 0 Å². The van der Waals surface area contributed by atoms with Crippen molar-refractivity contribution in [2.24, 2.45) is 0 Å². The third-order valence-electron chi connectivity index (χ3n) is 4.10. The molecule has 26 heavy (non-hydrogen) atoms. The van der Waals surface area contributed by atoms with Crippen molar-refractivity contribution in [1.82, 2.24) is 4.98 Å². The van der Waals surface area contributed by atoms with E-state index in [0.717, 1.165) is 37.6 Å². The van der Waals surface area contributed by atoms with Crippen molar-refractivity contribution in [3.8, 4) is 0 Å². The number of rotatable bonds is 6. The van der Waals surface area contributed by atoms with Crippen LogP contribution in [0.25, 0.3) is 0 Å². The van der Waals surface area contributed by atoms with Gasteiger partial charge in [0.1, 0.15) is 10.7 Å². The van der Waals surface area contributed by atoms with Crippen LogP contribution in [-0.2, 0) is 14.8 Å². The van der Waals surface area contributed by atoms with Gasteiger partial charge in [0.15, 0.2) is 11.6 Å². The summed E-state index contributed by atoms with van der Waals surface area (Å²) >= 11 is 0. The Balaban J connectivity index is 1.70. The first-order valence-corrected chi connectivity index (χ1v) is 9.60. The zero-order chi connectivity index (χ0) is 18.7. The third-order valence-corrected chi connectivity index (χ3v) is 5.46. The average Bonchev–Trinajstić information content (AvgIpc) is 3.11. The first-order valence-electron chi connectivity index (χ1n) is 8.12. The van der Waals surface area contributed by atoms with Gasteiger partial charge in [0.25, 0.3) is 10.0 Å². The standard InChI is InChI=1S/C17H19F2N3O3S/c1-22(11-13-3-2-8-25-13)17-7-5-14(10-20-17)26(23,24)21-12-4-6-15(18)16(19)9-12/h4-7,9-10,13,21H,2-3,8,11H2,1H3. The van der Waals surface area contributed by atoms with Crippen LogP contribution in [0.1, 0.15) is 12.8 Å². The lowest BCUT2D eigenvalue weighted by Gasteiger charge is -2.21. The molecule has 1 saturated heterocycles. The van der Waals surface area contributed by atoms with E-state index in [1.807, 2.05) is 11.9 Å². The van der Waals surface area contributed by atoms with Crippen molar-refractivity contribution in [1.29, 1.82) is 0 Å². The van der Waals surface area contributed by atoms with Gasteiger partial charge in [0.2, 0.25) is 0 Å². The Labute approximate surface area is 150 Å². The molecule has 2 heterocycles. The van der Waals surface area contributed by atoms with E-state index in [1.54, 1.807) is 6.07 Å². The molecule has 0 aliphatic carbocycles. The second-order valence-electron chi connectivity index (χ2n) is 6.10. The lowest BCUT2D eigenvalue weighted by Crippen LogP contribution is -2.29. The van der Waals surface area contributed by atoms with Crippen LogP contribution in [0.4, 0.5) is 20.3 Å². The van der Waals surface area contributed by atoms with Crippen LogP contribution in [0, 0.1) is 11.6 Å². The molecule has 0 radical (unpaired) electrons. The summed E-state index contributed by atoms with van der Waals surface area (Å²) in [6.07, 6.45) is 3.41. The lowest BCUT2D eigenvalue weighted by atomic mass is 10.2. The average molecular weight is 383 g/mol. The largest absolute Gasteiger partial charge is 0.376 e. The molecule has 1 fully saturated rings. The van der Waals surface area contributed by atoms with Gasteiger partial charge < -0.3 is 9.64 Å². The van der Waals surface area contributed by atoms with Gasteiger partial charge in [-0.05, 0) is 37.1 Å². The summed E-state index contributed by atoms with van der Waals surface area (Å²) in [5.74, 6) is -1.56. The zero-order valence-electron chi connectivity index (χ0n) is 14.2. The van der Waals surface area contributed by atoms with Crippen molar-refractivity contribution >= 4 is 21.5 Å². The van der Waals surface area contributed by atoms with Crippen LogP contribution in [0.15, 0.2) is 41.4 Å². The first kappa shape index (κ1) is 18.5. The quantitative estimate of drug-likeness (QED) is 0.831. The molecule has 1 aromatic heterocycles. The van der Waals surface area contributed by atoms with Gasteiger partial charge >= 0.3 is 0 Å². The highest BCUT2D eigenvalue weighted by Gasteiger charge is 2.19. The molecule has 1 N–H and O–H groups in total. The lowest BCUT2D eigenvalue weighted by molar-refractivity contribution is 0.116. The number of halogens is 2. The van der Waals surface area contributed by atoms with Crippen molar-refractivity contribution < 1.29 is 21.9 Å². The molecule has 1 atom stereocenters. The Kier molecular flexibility index (Phi) is 5.38. The van der Waals surface area contributed by atoms with E-state index in [-0.39, 0.29) is 16.7 Å². The number of anilines is 2. The summed E-state index contributed by atoms with van der Waals surface area (Å²) < 4.78 is 58.7. The number of aromatic nitrogens is 1. The van der Waals surface area contributed by atoms with Gasteiger partial charge in [-0.3, -0.25) is 4.72 Å². The van der Waals surface area contributed by atoms with Crippen molar-refractivity contribution in [2.45, 2.75) is 23.8 Å². The fourth-order valence-electron chi connectivity index (χ4n) is 2.72. The van der Waals surface area contributed by atoms with Crippen LogP contribution in [0.5, 0.6) is 0 Å². The van der Waals surface area contributed by atoms with Crippen LogP contribution < -0.4 is 9.62 Å². The molecular weight excluding hydrogens is 364 g/mol. The Morgan fingerprint density at radius 2 is 2.08 bits per heavy atom. The summed E-state index contributed by atoms with van der Waals surface area (Å²) in [6.45, 7) is 1.44. The van der Waals surface area contributed by atoms with E-state index in [1.165, 1.54) is 12.3 Å². The Morgan fingerprint density at radius 1 is 1.27 bits per heavy atom. The fourth-order valence-corrected chi connectivity index (χ4v) is 3.71. The number of ether oxygens (including phenoxy) is 1. The molecule has 3 rings (SSSR count). The number of benzene rings is 1. The van der Waals surface area contributed by atoms with E-state index in [2.05, 4.69) is 9.71 Å². The van der Waals surface area contributed by atoms with Crippen LogP contribution in [0.2, 0.25) is 0 Å². The van der Waals surface area contributed by atoms with Gasteiger partial charge in [0, 0.05) is 32.5 Å². The van der Waals surface area contributed by atoms with E-state index in [4.69, 9.17) is 4.74 Å². The zero-order valence-corrected chi connectivity index (χ0v) is 15.0. The van der Waals surface area contributed by atoms with Gasteiger partial charge in [-0.15, -0.1) is 0 Å². The number of pyridine rings is 1. The molecule has 0 bridgehead atoms. The summed E-state index contributed by atoms with van der Waals surface area (Å²) in [5, 5.41) is 0. The maximum Gasteiger partial charge on any atom is 0.263 e. The van der Waals surface area contributed by atoms with Crippen molar-refractivity contribution in [3.63, 3.8) is 0 Å². The van der Waals surface area contributed by atoms with E-state index >= 15 is 0 Å². The molecule has 1 unspecified atom stereocenters. The molecule has 0 amide bonds. The molecule has 1 aromatic carbocycles. The maximum atomic E-state index is 13.2. The topological polar surface area (TPSA) is 71.5 Å².